The second-order valence-electron chi connectivity index (χ2n) is 9.78. The molecule has 1 aliphatic heterocycles. The van der Waals surface area contributed by atoms with Crippen LogP contribution >= 0.6 is 0 Å². The van der Waals surface area contributed by atoms with Gasteiger partial charge in [-0.15, -0.1) is 0 Å². The zero-order chi connectivity index (χ0) is 25.5. The topological polar surface area (TPSA) is 65.7 Å². The Hall–Kier alpha value is -3.01. The van der Waals surface area contributed by atoms with Crippen LogP contribution in [-0.4, -0.2) is 49.8 Å². The molecule has 1 aliphatic rings. The fourth-order valence-corrected chi connectivity index (χ4v) is 6.79. The number of aliphatic hydroxyl groups is 1. The molecule has 6 rings (SSSR count). The molecule has 3 heterocycles. The number of hydrogen-bond acceptors (Lipinski definition) is 5. The molecule has 0 radical (unpaired) electrons. The monoisotopic (exact) mass is 604 g/mol. The zero-order valence-corrected chi connectivity index (χ0v) is 23.4. The summed E-state index contributed by atoms with van der Waals surface area (Å²) in [5.41, 5.74) is 7.32. The predicted molar refractivity (Wildman–Crippen MR) is 147 cm³/mol. The molecule has 0 spiro atoms. The van der Waals surface area contributed by atoms with Gasteiger partial charge in [-0.2, -0.15) is 0 Å². The fraction of sp³-hybridized carbons (Fsp3) is 0.267. The van der Waals surface area contributed by atoms with Gasteiger partial charge in [-0.1, -0.05) is 0 Å². The first kappa shape index (κ1) is 24.3. The van der Waals surface area contributed by atoms with Crippen molar-refractivity contribution in [2.45, 2.75) is 30.0 Å². The molecule has 0 bridgehead atoms. The third kappa shape index (κ3) is 4.39. The van der Waals surface area contributed by atoms with E-state index in [-0.39, 0.29) is 25.3 Å². The fourth-order valence-electron chi connectivity index (χ4n) is 5.58. The van der Waals surface area contributed by atoms with E-state index >= 15 is 0 Å². The third-order valence-electron chi connectivity index (χ3n) is 7.39. The molecule has 6 nitrogen and oxygen atoms in total. The van der Waals surface area contributed by atoms with Crippen LogP contribution in [0.15, 0.2) is 79.3 Å². The van der Waals surface area contributed by atoms with Gasteiger partial charge in [-0.3, -0.25) is 0 Å². The number of nitrogens with zero attached hydrogens (tertiary/aromatic N) is 4. The van der Waals surface area contributed by atoms with Crippen molar-refractivity contribution in [1.29, 1.82) is 0 Å². The summed E-state index contributed by atoms with van der Waals surface area (Å²) >= 11 is -0.310. The number of halogens is 1. The second kappa shape index (κ2) is 10.0. The van der Waals surface area contributed by atoms with Crippen LogP contribution in [-0.2, 0) is 0 Å². The molecule has 3 atom stereocenters. The molecule has 1 unspecified atom stereocenters. The van der Waals surface area contributed by atoms with E-state index in [0.717, 1.165) is 57.3 Å². The molecule has 1 fully saturated rings. The van der Waals surface area contributed by atoms with Crippen molar-refractivity contribution >= 4 is 22.1 Å². The summed E-state index contributed by atoms with van der Waals surface area (Å²) in [4.78, 5) is 9.46. The van der Waals surface area contributed by atoms with Gasteiger partial charge >= 0.3 is 161 Å². The number of aliphatic hydroxyl groups excluding tert-OH is 1. The molecule has 1 saturated heterocycles. The van der Waals surface area contributed by atoms with Crippen molar-refractivity contribution in [1.82, 2.24) is 19.9 Å². The first-order chi connectivity index (χ1) is 18.0. The average Bonchev–Trinajstić information content (AvgIpc) is 3.35. The van der Waals surface area contributed by atoms with Crippen LogP contribution < -0.4 is 31.4 Å². The van der Waals surface area contributed by atoms with Gasteiger partial charge in [0.15, 0.2) is 0 Å². The predicted octanol–water partition coefficient (Wildman–Crippen LogP) is 2.11. The summed E-state index contributed by atoms with van der Waals surface area (Å²) in [6.45, 7) is 6.56. The number of nitrogens with one attached hydrogen (secondary N) is 1. The van der Waals surface area contributed by atoms with Gasteiger partial charge in [0, 0.05) is 30.9 Å². The number of anilines is 1. The van der Waals surface area contributed by atoms with Crippen molar-refractivity contribution in [3.63, 3.8) is 0 Å². The molecule has 190 valence electrons. The first-order valence-corrected chi connectivity index (χ1v) is 16.1. The quantitative estimate of drug-likeness (QED) is 0.238. The van der Waals surface area contributed by atoms with Gasteiger partial charge in [-0.05, 0) is 26.0 Å². The molecule has 2 N–H and O–H groups in total. The van der Waals surface area contributed by atoms with E-state index in [4.69, 9.17) is 4.98 Å². The van der Waals surface area contributed by atoms with E-state index in [9.17, 15) is 5.11 Å². The first-order valence-electron chi connectivity index (χ1n) is 12.7. The molecular weight excluding hydrogens is 573 g/mol. The summed E-state index contributed by atoms with van der Waals surface area (Å²) in [6, 6.07) is 22.2. The summed E-state index contributed by atoms with van der Waals surface area (Å²) in [7, 11) is 0. The Morgan fingerprint density at radius 3 is 2.38 bits per heavy atom. The van der Waals surface area contributed by atoms with E-state index in [1.165, 1.54) is 5.69 Å². The van der Waals surface area contributed by atoms with Crippen LogP contribution in [0.4, 0.5) is 5.69 Å². The van der Waals surface area contributed by atoms with Crippen LogP contribution in [0.2, 0.25) is 0 Å². The van der Waals surface area contributed by atoms with E-state index in [2.05, 4.69) is 88.8 Å². The summed E-state index contributed by atoms with van der Waals surface area (Å²) in [6.07, 6.45) is 5.89. The van der Waals surface area contributed by atoms with E-state index in [0.29, 0.717) is 12.1 Å². The van der Waals surface area contributed by atoms with Gasteiger partial charge in [0.1, 0.15) is 0 Å². The van der Waals surface area contributed by atoms with E-state index in [1.54, 1.807) is 0 Å². The Morgan fingerprint density at radius 2 is 1.62 bits per heavy atom. The maximum atomic E-state index is 10.6. The molecule has 7 heteroatoms. The van der Waals surface area contributed by atoms with Crippen molar-refractivity contribution in [3.05, 3.63) is 84.8 Å². The van der Waals surface area contributed by atoms with Crippen molar-refractivity contribution in [2.24, 2.45) is 0 Å². The van der Waals surface area contributed by atoms with E-state index in [1.807, 2.05) is 29.0 Å². The molecule has 0 saturated carbocycles. The molecular formula is C30H31IN5O-. The number of hydrogen-bond donors (Lipinski definition) is 2. The Morgan fingerprint density at radius 1 is 0.892 bits per heavy atom. The standard InChI is InChI=1S/C30H31IN5O/c1-19-14-32-15-20(2)36(19)23-12-10-21(11-13-23)22-16-33-30-28(17-34-35(30)18-22)26-8-4-7-25-24(26)6-5-9-27(25)29(37)31-3/h4-13,16-20,29,32,37H,14-15H2,1-3H3/q-1/t19-,20+,29?. The van der Waals surface area contributed by atoms with Gasteiger partial charge < -0.3 is 10.2 Å². The molecule has 0 amide bonds. The van der Waals surface area contributed by atoms with Crippen LogP contribution in [0.5, 0.6) is 0 Å². The summed E-state index contributed by atoms with van der Waals surface area (Å²) < 4.78 is 1.50. The van der Waals surface area contributed by atoms with Crippen LogP contribution in [0, 0.1) is 0 Å². The molecule has 37 heavy (non-hydrogen) atoms. The second-order valence-corrected chi connectivity index (χ2v) is 12.2. The number of alkyl halides is 2. The molecule has 0 aliphatic carbocycles. The average molecular weight is 605 g/mol. The van der Waals surface area contributed by atoms with Crippen molar-refractivity contribution in [3.8, 4) is 22.3 Å². The zero-order valence-electron chi connectivity index (χ0n) is 21.3. The number of rotatable bonds is 5. The van der Waals surface area contributed by atoms with E-state index < -0.39 is 0 Å². The number of piperazine rings is 1. The SMILES string of the molecule is C[I-]C(O)c1cccc2c(-c3cnn4cc(-c5ccc(N6[C@H](C)CNC[C@@H]6C)cc5)cnc34)cccc12. The summed E-state index contributed by atoms with van der Waals surface area (Å²) in [5.74, 6) is 0. The number of benzene rings is 3. The number of fused-ring (bicyclic) bond motifs is 2. The Labute approximate surface area is 227 Å². The summed E-state index contributed by atoms with van der Waals surface area (Å²) in [5, 5.41) is 21.0. The normalized spacial score (nSPS) is 19.1. The van der Waals surface area contributed by atoms with Gasteiger partial charge in [0.25, 0.3) is 0 Å². The van der Waals surface area contributed by atoms with Crippen molar-refractivity contribution in [2.75, 3.05) is 22.9 Å². The van der Waals surface area contributed by atoms with Crippen molar-refractivity contribution < 1.29 is 26.3 Å². The van der Waals surface area contributed by atoms with Gasteiger partial charge in [0.05, 0.1) is 0 Å². The van der Waals surface area contributed by atoms with Crippen LogP contribution in [0.3, 0.4) is 0 Å². The van der Waals surface area contributed by atoms with Crippen LogP contribution in [0.1, 0.15) is 23.5 Å². The Kier molecular flexibility index (Phi) is 6.60. The minimum atomic E-state index is -0.369. The minimum absolute atomic E-state index is 0.310. The van der Waals surface area contributed by atoms with Gasteiger partial charge in [-0.25, -0.2) is 0 Å². The molecule has 3 aromatic carbocycles. The Bertz CT molecular complexity index is 1550. The van der Waals surface area contributed by atoms with Crippen LogP contribution in [0.25, 0.3) is 38.7 Å². The Balaban J connectivity index is 1.35. The molecule has 5 aromatic rings. The third-order valence-corrected chi connectivity index (χ3v) is 9.24. The molecule has 2 aromatic heterocycles. The maximum absolute atomic E-state index is 10.6. The number of aromatic nitrogens is 3. The van der Waals surface area contributed by atoms with Gasteiger partial charge in [0.2, 0.25) is 0 Å².